The van der Waals surface area contributed by atoms with E-state index in [0.29, 0.717) is 51.6 Å². The van der Waals surface area contributed by atoms with Crippen molar-refractivity contribution in [3.05, 3.63) is 54.5 Å². The van der Waals surface area contributed by atoms with E-state index in [1.54, 1.807) is 17.0 Å². The van der Waals surface area contributed by atoms with Crippen LogP contribution in [0, 0.1) is 0 Å². The molecule has 3 rings (SSSR count). The SMILES string of the molecule is O=C(CN1CCN(C(=O)c2ccco2)CC1)NCCOc1ccccc1. The smallest absolute Gasteiger partial charge is 0.289 e. The number of piperazine rings is 1. The zero-order chi connectivity index (χ0) is 18.2. The van der Waals surface area contributed by atoms with E-state index in [9.17, 15) is 9.59 Å². The van der Waals surface area contributed by atoms with Crippen molar-refractivity contribution in [1.29, 1.82) is 0 Å². The topological polar surface area (TPSA) is 75.0 Å². The van der Waals surface area contributed by atoms with E-state index in [1.165, 1.54) is 6.26 Å². The van der Waals surface area contributed by atoms with Crippen molar-refractivity contribution in [3.63, 3.8) is 0 Å². The lowest BCUT2D eigenvalue weighted by Gasteiger charge is -2.33. The van der Waals surface area contributed by atoms with Crippen LogP contribution in [-0.4, -0.2) is 67.5 Å². The van der Waals surface area contributed by atoms with Crippen LogP contribution in [0.15, 0.2) is 53.1 Å². The van der Waals surface area contributed by atoms with Crippen LogP contribution in [0.2, 0.25) is 0 Å². The van der Waals surface area contributed by atoms with Crippen LogP contribution >= 0.6 is 0 Å². The summed E-state index contributed by atoms with van der Waals surface area (Å²) < 4.78 is 10.7. The standard InChI is InChI=1S/C19H23N3O4/c23-18(20-8-14-25-16-5-2-1-3-6-16)15-21-9-11-22(12-10-21)19(24)17-7-4-13-26-17/h1-7,13H,8-12,14-15H2,(H,20,23). The quantitative estimate of drug-likeness (QED) is 0.755. The monoisotopic (exact) mass is 357 g/mol. The van der Waals surface area contributed by atoms with Crippen LogP contribution < -0.4 is 10.1 Å². The molecule has 1 fully saturated rings. The molecule has 0 unspecified atom stereocenters. The molecule has 1 aromatic carbocycles. The lowest BCUT2D eigenvalue weighted by Crippen LogP contribution is -2.51. The summed E-state index contributed by atoms with van der Waals surface area (Å²) in [5.74, 6) is 1.01. The van der Waals surface area contributed by atoms with E-state index in [4.69, 9.17) is 9.15 Å². The Hall–Kier alpha value is -2.80. The van der Waals surface area contributed by atoms with Crippen molar-refractivity contribution in [3.8, 4) is 5.75 Å². The zero-order valence-electron chi connectivity index (χ0n) is 14.6. The van der Waals surface area contributed by atoms with Crippen molar-refractivity contribution in [2.45, 2.75) is 0 Å². The molecule has 138 valence electrons. The summed E-state index contributed by atoms with van der Waals surface area (Å²) in [6.45, 7) is 3.73. The third kappa shape index (κ3) is 5.10. The number of nitrogens with zero attached hydrogens (tertiary/aromatic N) is 2. The number of benzene rings is 1. The Morgan fingerprint density at radius 2 is 1.81 bits per heavy atom. The first-order valence-electron chi connectivity index (χ1n) is 8.72. The maximum absolute atomic E-state index is 12.2. The summed E-state index contributed by atoms with van der Waals surface area (Å²) in [5, 5.41) is 2.86. The first kappa shape index (κ1) is 18.0. The van der Waals surface area contributed by atoms with E-state index >= 15 is 0 Å². The number of carbonyl (C=O) groups excluding carboxylic acids is 2. The average molecular weight is 357 g/mol. The third-order valence-corrected chi connectivity index (χ3v) is 4.19. The van der Waals surface area contributed by atoms with E-state index in [-0.39, 0.29) is 11.8 Å². The molecule has 2 aromatic rings. The van der Waals surface area contributed by atoms with Crippen LogP contribution in [0.4, 0.5) is 0 Å². The van der Waals surface area contributed by atoms with Crippen molar-refractivity contribution in [2.75, 3.05) is 45.9 Å². The van der Waals surface area contributed by atoms with Gasteiger partial charge < -0.3 is 19.4 Å². The van der Waals surface area contributed by atoms with E-state index in [1.807, 2.05) is 35.2 Å². The van der Waals surface area contributed by atoms with Crippen molar-refractivity contribution < 1.29 is 18.7 Å². The summed E-state index contributed by atoms with van der Waals surface area (Å²) in [4.78, 5) is 28.0. The van der Waals surface area contributed by atoms with Gasteiger partial charge in [0.15, 0.2) is 5.76 Å². The summed E-state index contributed by atoms with van der Waals surface area (Å²) in [5.41, 5.74) is 0. The number of carbonyl (C=O) groups is 2. The number of hydrogen-bond donors (Lipinski definition) is 1. The molecule has 1 aromatic heterocycles. The van der Waals surface area contributed by atoms with Crippen LogP contribution in [0.3, 0.4) is 0 Å². The molecule has 0 saturated carbocycles. The normalized spacial score (nSPS) is 14.8. The first-order chi connectivity index (χ1) is 12.7. The summed E-state index contributed by atoms with van der Waals surface area (Å²) >= 11 is 0. The van der Waals surface area contributed by atoms with Gasteiger partial charge in [-0.25, -0.2) is 0 Å². The molecule has 1 aliphatic heterocycles. The lowest BCUT2D eigenvalue weighted by molar-refractivity contribution is -0.122. The second-order valence-corrected chi connectivity index (χ2v) is 6.06. The number of ether oxygens (including phenoxy) is 1. The highest BCUT2D eigenvalue weighted by molar-refractivity contribution is 5.91. The number of hydrogen-bond acceptors (Lipinski definition) is 5. The minimum atomic E-state index is -0.0998. The lowest BCUT2D eigenvalue weighted by atomic mass is 10.3. The number of amides is 2. The van der Waals surface area contributed by atoms with Crippen LogP contribution in [-0.2, 0) is 4.79 Å². The molecule has 1 aliphatic rings. The van der Waals surface area contributed by atoms with Gasteiger partial charge in [0.1, 0.15) is 12.4 Å². The van der Waals surface area contributed by atoms with Crippen LogP contribution in [0.25, 0.3) is 0 Å². The minimum absolute atomic E-state index is 0.0347. The molecule has 2 amide bonds. The van der Waals surface area contributed by atoms with Gasteiger partial charge in [-0.3, -0.25) is 14.5 Å². The Labute approximate surface area is 152 Å². The van der Waals surface area contributed by atoms with Gasteiger partial charge in [0.05, 0.1) is 19.4 Å². The van der Waals surface area contributed by atoms with E-state index in [0.717, 1.165) is 5.75 Å². The highest BCUT2D eigenvalue weighted by Gasteiger charge is 2.24. The average Bonchev–Trinajstić information content (AvgIpc) is 3.21. The first-order valence-corrected chi connectivity index (χ1v) is 8.72. The molecule has 0 bridgehead atoms. The highest BCUT2D eigenvalue weighted by Crippen LogP contribution is 2.09. The Bertz CT molecular complexity index is 695. The van der Waals surface area contributed by atoms with Gasteiger partial charge in [-0.05, 0) is 24.3 Å². The Morgan fingerprint density at radius 3 is 2.50 bits per heavy atom. The van der Waals surface area contributed by atoms with Gasteiger partial charge in [0, 0.05) is 26.2 Å². The largest absolute Gasteiger partial charge is 0.492 e. The molecule has 2 heterocycles. The summed E-state index contributed by atoms with van der Waals surface area (Å²) in [6, 6.07) is 12.9. The fraction of sp³-hybridized carbons (Fsp3) is 0.368. The number of para-hydroxylation sites is 1. The molecule has 0 spiro atoms. The second kappa shape index (κ2) is 9.05. The maximum atomic E-state index is 12.2. The predicted molar refractivity (Wildman–Crippen MR) is 96.0 cm³/mol. The Balaban J connectivity index is 1.31. The molecule has 0 radical (unpaired) electrons. The third-order valence-electron chi connectivity index (χ3n) is 4.19. The fourth-order valence-electron chi connectivity index (χ4n) is 2.80. The molecular formula is C19H23N3O4. The van der Waals surface area contributed by atoms with Gasteiger partial charge in [-0.1, -0.05) is 18.2 Å². The molecule has 1 saturated heterocycles. The predicted octanol–water partition coefficient (Wildman–Crippen LogP) is 1.23. The van der Waals surface area contributed by atoms with Crippen LogP contribution in [0.1, 0.15) is 10.6 Å². The van der Waals surface area contributed by atoms with Gasteiger partial charge in [0.2, 0.25) is 5.91 Å². The molecule has 0 atom stereocenters. The van der Waals surface area contributed by atoms with Crippen molar-refractivity contribution in [2.24, 2.45) is 0 Å². The highest BCUT2D eigenvalue weighted by atomic mass is 16.5. The van der Waals surface area contributed by atoms with Crippen LogP contribution in [0.5, 0.6) is 5.75 Å². The van der Waals surface area contributed by atoms with Gasteiger partial charge >= 0.3 is 0 Å². The van der Waals surface area contributed by atoms with Gasteiger partial charge in [-0.15, -0.1) is 0 Å². The molecule has 26 heavy (non-hydrogen) atoms. The van der Waals surface area contributed by atoms with Gasteiger partial charge in [0.25, 0.3) is 5.91 Å². The molecule has 0 aliphatic carbocycles. The number of nitrogens with one attached hydrogen (secondary N) is 1. The second-order valence-electron chi connectivity index (χ2n) is 6.06. The molecular weight excluding hydrogens is 334 g/mol. The maximum Gasteiger partial charge on any atom is 0.289 e. The van der Waals surface area contributed by atoms with Gasteiger partial charge in [-0.2, -0.15) is 0 Å². The molecule has 1 N–H and O–H groups in total. The minimum Gasteiger partial charge on any atom is -0.492 e. The summed E-state index contributed by atoms with van der Waals surface area (Å²) in [7, 11) is 0. The fourth-order valence-corrected chi connectivity index (χ4v) is 2.80. The number of rotatable bonds is 7. The zero-order valence-corrected chi connectivity index (χ0v) is 14.6. The summed E-state index contributed by atoms with van der Waals surface area (Å²) in [6.07, 6.45) is 1.50. The molecule has 7 heteroatoms. The number of furan rings is 1. The Kier molecular flexibility index (Phi) is 6.27. The molecule has 7 nitrogen and oxygen atoms in total. The Morgan fingerprint density at radius 1 is 1.04 bits per heavy atom. The van der Waals surface area contributed by atoms with E-state index in [2.05, 4.69) is 5.32 Å². The van der Waals surface area contributed by atoms with Crippen molar-refractivity contribution >= 4 is 11.8 Å². The van der Waals surface area contributed by atoms with E-state index < -0.39 is 0 Å². The van der Waals surface area contributed by atoms with Crippen molar-refractivity contribution in [1.82, 2.24) is 15.1 Å².